The Morgan fingerprint density at radius 3 is 2.86 bits per heavy atom. The number of carbonyl (C=O) groups excluding carboxylic acids is 2. The van der Waals surface area contributed by atoms with Crippen molar-refractivity contribution in [1.29, 1.82) is 0 Å². The van der Waals surface area contributed by atoms with Crippen molar-refractivity contribution < 1.29 is 9.59 Å². The minimum absolute atomic E-state index is 0. The highest BCUT2D eigenvalue weighted by atomic mass is 35.5. The molecule has 3 heterocycles. The summed E-state index contributed by atoms with van der Waals surface area (Å²) >= 11 is 6.22. The number of piperidine rings is 1. The van der Waals surface area contributed by atoms with Gasteiger partial charge in [0.25, 0.3) is 5.91 Å². The number of hydrogen-bond acceptors (Lipinski definition) is 4. The molecule has 150 valence electrons. The van der Waals surface area contributed by atoms with Gasteiger partial charge < -0.3 is 15.1 Å². The van der Waals surface area contributed by atoms with E-state index in [2.05, 4.69) is 15.5 Å². The first-order valence-corrected chi connectivity index (χ1v) is 9.61. The van der Waals surface area contributed by atoms with Crippen LogP contribution in [-0.4, -0.2) is 70.6 Å². The van der Waals surface area contributed by atoms with E-state index in [4.69, 9.17) is 11.6 Å². The summed E-state index contributed by atoms with van der Waals surface area (Å²) in [5, 5.41) is 10.8. The molecule has 0 radical (unpaired) electrons. The van der Waals surface area contributed by atoms with Crippen LogP contribution >= 0.6 is 24.0 Å². The second kappa shape index (κ2) is 8.94. The van der Waals surface area contributed by atoms with Crippen molar-refractivity contribution in [3.63, 3.8) is 0 Å². The molecule has 1 aromatic heterocycles. The fourth-order valence-corrected chi connectivity index (χ4v) is 4.04. The normalized spacial score (nSPS) is 20.0. The van der Waals surface area contributed by atoms with Crippen LogP contribution in [0.1, 0.15) is 23.3 Å². The average Bonchev–Trinajstić information content (AvgIpc) is 3.18. The second-order valence-electron chi connectivity index (χ2n) is 6.96. The molecule has 2 aliphatic rings. The zero-order chi connectivity index (χ0) is 18.8. The molecule has 2 amide bonds. The molecular weight excluding hydrogens is 401 g/mol. The monoisotopic (exact) mass is 423 g/mol. The van der Waals surface area contributed by atoms with Crippen LogP contribution in [0.4, 0.5) is 0 Å². The summed E-state index contributed by atoms with van der Waals surface area (Å²) in [6.45, 7) is 3.14. The van der Waals surface area contributed by atoms with E-state index in [1.807, 2.05) is 28.0 Å². The first-order chi connectivity index (χ1) is 13.1. The topological polar surface area (TPSA) is 81.3 Å². The Morgan fingerprint density at radius 2 is 2.07 bits per heavy atom. The molecule has 2 aliphatic heterocycles. The molecule has 0 saturated carbocycles. The molecule has 2 fully saturated rings. The Balaban J connectivity index is 0.00000225. The number of halogens is 2. The highest BCUT2D eigenvalue weighted by Crippen LogP contribution is 2.27. The maximum Gasteiger partial charge on any atom is 0.271 e. The van der Waals surface area contributed by atoms with E-state index in [9.17, 15) is 9.59 Å². The van der Waals surface area contributed by atoms with E-state index in [1.54, 1.807) is 12.1 Å². The van der Waals surface area contributed by atoms with Crippen LogP contribution in [0.25, 0.3) is 11.3 Å². The third kappa shape index (κ3) is 4.16. The summed E-state index contributed by atoms with van der Waals surface area (Å²) in [5.74, 6) is 0.0242. The number of rotatable bonds is 3. The first kappa shape index (κ1) is 20.6. The number of likely N-dealkylation sites (tertiary alicyclic amines) is 1. The number of amides is 2. The van der Waals surface area contributed by atoms with Crippen LogP contribution in [0.15, 0.2) is 30.3 Å². The predicted molar refractivity (Wildman–Crippen MR) is 110 cm³/mol. The summed E-state index contributed by atoms with van der Waals surface area (Å²) in [7, 11) is 0. The summed E-state index contributed by atoms with van der Waals surface area (Å²) < 4.78 is 0. The van der Waals surface area contributed by atoms with Crippen LogP contribution in [-0.2, 0) is 4.79 Å². The molecule has 2 saturated heterocycles. The molecule has 0 aliphatic carbocycles. The molecule has 0 bridgehead atoms. The summed E-state index contributed by atoms with van der Waals surface area (Å²) in [6.07, 6.45) is 1.82. The zero-order valence-corrected chi connectivity index (χ0v) is 16.9. The van der Waals surface area contributed by atoms with Crippen molar-refractivity contribution in [2.75, 3.05) is 32.7 Å². The number of piperazine rings is 1. The number of carbonyl (C=O) groups is 2. The molecule has 1 unspecified atom stereocenters. The van der Waals surface area contributed by atoms with Gasteiger partial charge in [0.1, 0.15) is 5.69 Å². The summed E-state index contributed by atoms with van der Waals surface area (Å²) in [4.78, 5) is 28.8. The van der Waals surface area contributed by atoms with Crippen LogP contribution < -0.4 is 5.32 Å². The standard InChI is InChI=1S/C19H22ClN5O2.ClH/c20-15-6-2-1-5-14(15)16-10-17(23-22-16)19(27)24-8-3-4-13(12-24)25-9-7-21-11-18(25)26;/h1-2,5-6,10,13,21H,3-4,7-9,11-12H2,(H,22,23);1H. The van der Waals surface area contributed by atoms with Gasteiger partial charge in [-0.25, -0.2) is 0 Å². The van der Waals surface area contributed by atoms with Gasteiger partial charge >= 0.3 is 0 Å². The number of aromatic nitrogens is 2. The predicted octanol–water partition coefficient (Wildman–Crippen LogP) is 2.19. The van der Waals surface area contributed by atoms with Gasteiger partial charge in [0.2, 0.25) is 5.91 Å². The maximum absolute atomic E-state index is 12.9. The molecular formula is C19H23Cl2N5O2. The van der Waals surface area contributed by atoms with Gasteiger partial charge in [-0.3, -0.25) is 14.7 Å². The molecule has 0 spiro atoms. The zero-order valence-electron chi connectivity index (χ0n) is 15.4. The molecule has 7 nitrogen and oxygen atoms in total. The number of H-pyrrole nitrogens is 1. The van der Waals surface area contributed by atoms with Crippen molar-refractivity contribution >= 4 is 35.8 Å². The van der Waals surface area contributed by atoms with Crippen molar-refractivity contribution in [2.24, 2.45) is 0 Å². The number of hydrogen-bond donors (Lipinski definition) is 2. The minimum atomic E-state index is -0.0897. The number of nitrogens with zero attached hydrogens (tertiary/aromatic N) is 3. The maximum atomic E-state index is 12.9. The lowest BCUT2D eigenvalue weighted by molar-refractivity contribution is -0.135. The number of benzene rings is 1. The lowest BCUT2D eigenvalue weighted by Gasteiger charge is -2.41. The van der Waals surface area contributed by atoms with Gasteiger partial charge in [-0.15, -0.1) is 12.4 Å². The Morgan fingerprint density at radius 1 is 1.25 bits per heavy atom. The average molecular weight is 424 g/mol. The smallest absolute Gasteiger partial charge is 0.271 e. The van der Waals surface area contributed by atoms with Crippen molar-refractivity contribution in [3.8, 4) is 11.3 Å². The van der Waals surface area contributed by atoms with Crippen LogP contribution in [0.2, 0.25) is 5.02 Å². The van der Waals surface area contributed by atoms with Gasteiger partial charge in [0.05, 0.1) is 17.3 Å². The first-order valence-electron chi connectivity index (χ1n) is 9.23. The Kier molecular flexibility index (Phi) is 6.59. The minimum Gasteiger partial charge on any atom is -0.336 e. The molecule has 4 rings (SSSR count). The molecule has 28 heavy (non-hydrogen) atoms. The van der Waals surface area contributed by atoms with Gasteiger partial charge in [-0.2, -0.15) is 5.10 Å². The van der Waals surface area contributed by atoms with E-state index in [-0.39, 0.29) is 30.3 Å². The van der Waals surface area contributed by atoms with Crippen LogP contribution in [0.3, 0.4) is 0 Å². The van der Waals surface area contributed by atoms with E-state index < -0.39 is 0 Å². The molecule has 1 atom stereocenters. The Bertz CT molecular complexity index is 856. The van der Waals surface area contributed by atoms with Gasteiger partial charge in [-0.1, -0.05) is 29.8 Å². The highest BCUT2D eigenvalue weighted by molar-refractivity contribution is 6.33. The van der Waals surface area contributed by atoms with Crippen LogP contribution in [0.5, 0.6) is 0 Å². The van der Waals surface area contributed by atoms with Crippen molar-refractivity contribution in [3.05, 3.63) is 41.0 Å². The lowest BCUT2D eigenvalue weighted by atomic mass is 10.0. The number of nitrogens with one attached hydrogen (secondary N) is 2. The van der Waals surface area contributed by atoms with E-state index in [0.717, 1.165) is 24.9 Å². The molecule has 9 heteroatoms. The van der Waals surface area contributed by atoms with Crippen molar-refractivity contribution in [1.82, 2.24) is 25.3 Å². The highest BCUT2D eigenvalue weighted by Gasteiger charge is 2.32. The summed E-state index contributed by atoms with van der Waals surface area (Å²) in [5.41, 5.74) is 1.88. The fraction of sp³-hybridized carbons (Fsp3) is 0.421. The molecule has 2 N–H and O–H groups in total. The fourth-order valence-electron chi connectivity index (χ4n) is 3.81. The van der Waals surface area contributed by atoms with Gasteiger partial charge in [-0.05, 0) is 25.0 Å². The molecule has 1 aromatic carbocycles. The Labute approximate surface area is 174 Å². The SMILES string of the molecule is Cl.O=C(c1cc(-c2ccccc2Cl)n[nH]1)N1CCCC(N2CCNCC2=O)C1. The quantitative estimate of drug-likeness (QED) is 0.792. The molecule has 2 aromatic rings. The van der Waals surface area contributed by atoms with E-state index in [0.29, 0.717) is 42.6 Å². The third-order valence-corrected chi connectivity index (χ3v) is 5.54. The van der Waals surface area contributed by atoms with E-state index in [1.165, 1.54) is 0 Å². The van der Waals surface area contributed by atoms with Gasteiger partial charge in [0.15, 0.2) is 0 Å². The second-order valence-corrected chi connectivity index (χ2v) is 7.37. The van der Waals surface area contributed by atoms with Crippen LogP contribution in [0, 0.1) is 0 Å². The Hall–Kier alpha value is -2.09. The van der Waals surface area contributed by atoms with Gasteiger partial charge in [0, 0.05) is 37.8 Å². The largest absolute Gasteiger partial charge is 0.336 e. The number of aromatic amines is 1. The van der Waals surface area contributed by atoms with E-state index >= 15 is 0 Å². The van der Waals surface area contributed by atoms with Crippen molar-refractivity contribution in [2.45, 2.75) is 18.9 Å². The lowest BCUT2D eigenvalue weighted by Crippen LogP contribution is -2.57. The third-order valence-electron chi connectivity index (χ3n) is 5.21. The summed E-state index contributed by atoms with van der Waals surface area (Å²) in [6, 6.07) is 9.24.